The molecule has 1 amide bonds. The van der Waals surface area contributed by atoms with Gasteiger partial charge in [0.15, 0.2) is 0 Å². The molecule has 3 N–H and O–H groups in total. The van der Waals surface area contributed by atoms with Crippen LogP contribution in [0.5, 0.6) is 5.75 Å². The predicted molar refractivity (Wildman–Crippen MR) is 116 cm³/mol. The van der Waals surface area contributed by atoms with E-state index < -0.39 is 5.82 Å². The average molecular weight is 421 g/mol. The number of benzene rings is 2. The van der Waals surface area contributed by atoms with Gasteiger partial charge in [0.25, 0.3) is 5.91 Å². The van der Waals surface area contributed by atoms with Crippen LogP contribution in [0, 0.1) is 5.82 Å². The van der Waals surface area contributed by atoms with Gasteiger partial charge in [0, 0.05) is 23.3 Å². The lowest BCUT2D eigenvalue weighted by molar-refractivity contribution is 0.0947. The maximum absolute atomic E-state index is 14.5. The zero-order chi connectivity index (χ0) is 21.2. The topological polar surface area (TPSA) is 88.2 Å². The number of nitrogens with zero attached hydrogens (tertiary/aromatic N) is 2. The minimum atomic E-state index is -0.584. The molecule has 0 radical (unpaired) electrons. The molecule has 3 aromatic rings. The van der Waals surface area contributed by atoms with Gasteiger partial charge in [-0.15, -0.1) is 0 Å². The van der Waals surface area contributed by atoms with Crippen molar-refractivity contribution in [3.05, 3.63) is 54.0 Å². The van der Waals surface area contributed by atoms with Gasteiger partial charge in [0.2, 0.25) is 5.95 Å². The molecule has 31 heavy (non-hydrogen) atoms. The van der Waals surface area contributed by atoms with Crippen molar-refractivity contribution >= 4 is 28.4 Å². The summed E-state index contributed by atoms with van der Waals surface area (Å²) in [5.41, 5.74) is 1.21. The van der Waals surface area contributed by atoms with Crippen LogP contribution in [0.2, 0.25) is 0 Å². The van der Waals surface area contributed by atoms with Crippen molar-refractivity contribution in [1.29, 1.82) is 0 Å². The third kappa shape index (κ3) is 4.59. The second-order valence-corrected chi connectivity index (χ2v) is 8.02. The number of halogens is 1. The first-order chi connectivity index (χ1) is 15.2. The fourth-order valence-electron chi connectivity index (χ4n) is 3.67. The Bertz CT molecular complexity index is 1110. The lowest BCUT2D eigenvalue weighted by Gasteiger charge is -2.24. The molecule has 2 fully saturated rings. The number of amides is 1. The van der Waals surface area contributed by atoms with Gasteiger partial charge >= 0.3 is 0 Å². The van der Waals surface area contributed by atoms with Crippen molar-refractivity contribution in [3.8, 4) is 5.75 Å². The standard InChI is InChI=1S/C23H24FN5O2/c24-19-12-16(6-7-18(19)22(30)27-15-4-5-15)28-23-26-13-14-2-1-3-20(21(14)29-23)31-17-8-10-25-11-9-17/h1-3,6-7,12-13,15,17,25H,4-5,8-11H2,(H,27,30)(H,26,28,29). The van der Waals surface area contributed by atoms with E-state index in [9.17, 15) is 9.18 Å². The first kappa shape index (κ1) is 19.7. The molecule has 1 saturated heterocycles. The van der Waals surface area contributed by atoms with Crippen LogP contribution in [-0.2, 0) is 0 Å². The number of ether oxygens (including phenoxy) is 1. The molecule has 0 atom stereocenters. The third-order valence-corrected chi connectivity index (χ3v) is 5.54. The molecule has 8 heteroatoms. The first-order valence-corrected chi connectivity index (χ1v) is 10.7. The lowest BCUT2D eigenvalue weighted by atomic mass is 10.1. The van der Waals surface area contributed by atoms with Gasteiger partial charge < -0.3 is 20.7 Å². The zero-order valence-electron chi connectivity index (χ0n) is 17.0. The fourth-order valence-corrected chi connectivity index (χ4v) is 3.67. The number of fused-ring (bicyclic) bond motifs is 1. The molecule has 7 nitrogen and oxygen atoms in total. The van der Waals surface area contributed by atoms with Crippen LogP contribution in [0.15, 0.2) is 42.6 Å². The van der Waals surface area contributed by atoms with Gasteiger partial charge in [-0.05, 0) is 63.0 Å². The van der Waals surface area contributed by atoms with E-state index >= 15 is 0 Å². The molecule has 0 unspecified atom stereocenters. The summed E-state index contributed by atoms with van der Waals surface area (Å²) in [7, 11) is 0. The largest absolute Gasteiger partial charge is 0.488 e. The van der Waals surface area contributed by atoms with Gasteiger partial charge in [0.05, 0.1) is 5.56 Å². The van der Waals surface area contributed by atoms with Crippen molar-refractivity contribution < 1.29 is 13.9 Å². The molecule has 0 bridgehead atoms. The molecule has 2 heterocycles. The minimum Gasteiger partial charge on any atom is -0.488 e. The Morgan fingerprint density at radius 1 is 1.13 bits per heavy atom. The summed E-state index contributed by atoms with van der Waals surface area (Å²) in [5.74, 6) is 0.0867. The maximum atomic E-state index is 14.5. The molecule has 1 aliphatic heterocycles. The van der Waals surface area contributed by atoms with E-state index in [4.69, 9.17) is 4.74 Å². The van der Waals surface area contributed by atoms with E-state index in [1.165, 1.54) is 12.1 Å². The van der Waals surface area contributed by atoms with Crippen LogP contribution in [0.4, 0.5) is 16.0 Å². The van der Waals surface area contributed by atoms with Crippen LogP contribution in [-0.4, -0.2) is 41.1 Å². The summed E-state index contributed by atoms with van der Waals surface area (Å²) in [6, 6.07) is 10.4. The highest BCUT2D eigenvalue weighted by Gasteiger charge is 2.25. The summed E-state index contributed by atoms with van der Waals surface area (Å²) < 4.78 is 20.7. The third-order valence-electron chi connectivity index (χ3n) is 5.54. The summed E-state index contributed by atoms with van der Waals surface area (Å²) in [6.07, 6.45) is 5.68. The zero-order valence-corrected chi connectivity index (χ0v) is 17.0. The van der Waals surface area contributed by atoms with Crippen LogP contribution in [0.1, 0.15) is 36.0 Å². The van der Waals surface area contributed by atoms with Gasteiger partial charge in [0.1, 0.15) is 23.2 Å². The number of nitrogens with one attached hydrogen (secondary N) is 3. The molecule has 5 rings (SSSR count). The normalized spacial score (nSPS) is 16.8. The highest BCUT2D eigenvalue weighted by Crippen LogP contribution is 2.28. The molecule has 1 aromatic heterocycles. The first-order valence-electron chi connectivity index (χ1n) is 10.7. The van der Waals surface area contributed by atoms with Crippen molar-refractivity contribution in [2.24, 2.45) is 0 Å². The summed E-state index contributed by atoms with van der Waals surface area (Å²) in [6.45, 7) is 1.88. The Labute approximate surface area is 179 Å². The molecule has 2 aromatic carbocycles. The van der Waals surface area contributed by atoms with Crippen molar-refractivity contribution in [2.45, 2.75) is 37.8 Å². The molecular weight excluding hydrogens is 397 g/mol. The average Bonchev–Trinajstić information content (AvgIpc) is 3.59. The van der Waals surface area contributed by atoms with E-state index in [1.54, 1.807) is 12.3 Å². The Morgan fingerprint density at radius 3 is 2.74 bits per heavy atom. The van der Waals surface area contributed by atoms with Gasteiger partial charge in [-0.2, -0.15) is 0 Å². The van der Waals surface area contributed by atoms with E-state index in [-0.39, 0.29) is 23.6 Å². The van der Waals surface area contributed by atoms with E-state index in [0.29, 0.717) is 22.9 Å². The number of hydrogen-bond acceptors (Lipinski definition) is 6. The molecular formula is C23H24FN5O2. The van der Waals surface area contributed by atoms with Gasteiger partial charge in [-0.25, -0.2) is 14.4 Å². The summed E-state index contributed by atoms with van der Waals surface area (Å²) >= 11 is 0. The Kier molecular flexibility index (Phi) is 5.38. The van der Waals surface area contributed by atoms with Gasteiger partial charge in [-0.1, -0.05) is 12.1 Å². The van der Waals surface area contributed by atoms with E-state index in [2.05, 4.69) is 25.9 Å². The summed E-state index contributed by atoms with van der Waals surface area (Å²) in [4.78, 5) is 21.1. The van der Waals surface area contributed by atoms with Crippen molar-refractivity contribution in [3.63, 3.8) is 0 Å². The number of aromatic nitrogens is 2. The monoisotopic (exact) mass is 421 g/mol. The maximum Gasteiger partial charge on any atom is 0.254 e. The van der Waals surface area contributed by atoms with Crippen molar-refractivity contribution in [1.82, 2.24) is 20.6 Å². The van der Waals surface area contributed by atoms with Crippen LogP contribution in [0.3, 0.4) is 0 Å². The number of para-hydroxylation sites is 1. The Balaban J connectivity index is 1.35. The summed E-state index contributed by atoms with van der Waals surface area (Å²) in [5, 5.41) is 10.0. The molecule has 1 aliphatic carbocycles. The van der Waals surface area contributed by atoms with Crippen LogP contribution >= 0.6 is 0 Å². The molecule has 1 saturated carbocycles. The predicted octanol–water partition coefficient (Wildman–Crippen LogP) is 3.54. The van der Waals surface area contributed by atoms with Crippen molar-refractivity contribution in [2.75, 3.05) is 18.4 Å². The van der Waals surface area contributed by atoms with E-state index in [0.717, 1.165) is 44.2 Å². The number of anilines is 2. The number of hydrogen-bond donors (Lipinski definition) is 3. The number of piperidine rings is 1. The second-order valence-electron chi connectivity index (χ2n) is 8.02. The number of carbonyl (C=O) groups excluding carboxylic acids is 1. The van der Waals surface area contributed by atoms with Gasteiger partial charge in [-0.3, -0.25) is 4.79 Å². The molecule has 160 valence electrons. The quantitative estimate of drug-likeness (QED) is 0.564. The number of carbonyl (C=O) groups is 1. The fraction of sp³-hybridized carbons (Fsp3) is 0.348. The smallest absolute Gasteiger partial charge is 0.254 e. The lowest BCUT2D eigenvalue weighted by Crippen LogP contribution is -2.34. The van der Waals surface area contributed by atoms with Crippen LogP contribution in [0.25, 0.3) is 10.9 Å². The van der Waals surface area contributed by atoms with E-state index in [1.807, 2.05) is 18.2 Å². The number of rotatable bonds is 6. The Hall–Kier alpha value is -3.26. The SMILES string of the molecule is O=C(NC1CC1)c1ccc(Nc2ncc3cccc(OC4CCNCC4)c3n2)cc1F. The molecule has 0 spiro atoms. The highest BCUT2D eigenvalue weighted by atomic mass is 19.1. The minimum absolute atomic E-state index is 0.0366. The Morgan fingerprint density at radius 2 is 1.97 bits per heavy atom. The molecule has 2 aliphatic rings. The second kappa shape index (κ2) is 8.47. The highest BCUT2D eigenvalue weighted by molar-refractivity contribution is 5.95. The van der Waals surface area contributed by atoms with Crippen LogP contribution < -0.4 is 20.7 Å².